The highest BCUT2D eigenvalue weighted by atomic mass is 32.2. The fourth-order valence-corrected chi connectivity index (χ4v) is 4.56. The Morgan fingerprint density at radius 1 is 1.06 bits per heavy atom. The molecule has 2 aromatic carbocycles. The number of thioether (sulfide) groups is 1. The van der Waals surface area contributed by atoms with Crippen LogP contribution in [0, 0.1) is 6.92 Å². The van der Waals surface area contributed by atoms with Crippen molar-refractivity contribution in [2.45, 2.75) is 38.5 Å². The summed E-state index contributed by atoms with van der Waals surface area (Å²) in [5.74, 6) is 0.627. The first kappa shape index (κ1) is 23.0. The number of hydrogen-bond acceptors (Lipinski definition) is 6. The molecule has 3 aromatic rings. The maximum absolute atomic E-state index is 12.4. The Bertz CT molecular complexity index is 1010. The molecule has 1 atom stereocenters. The number of amides is 2. The second kappa shape index (κ2) is 11.6. The van der Waals surface area contributed by atoms with Crippen LogP contribution in [0.3, 0.4) is 0 Å². The number of aromatic nitrogens is 2. The Labute approximate surface area is 190 Å². The molecule has 162 valence electrons. The molecule has 0 fully saturated rings. The highest BCUT2D eigenvalue weighted by molar-refractivity contribution is 7.99. The van der Waals surface area contributed by atoms with Crippen LogP contribution in [0.2, 0.25) is 0 Å². The number of carbonyl (C=O) groups excluding carboxylic acids is 2. The zero-order valence-corrected chi connectivity index (χ0v) is 19.3. The van der Waals surface area contributed by atoms with Crippen LogP contribution in [-0.4, -0.2) is 33.8 Å². The molecule has 2 N–H and O–H groups in total. The number of para-hydroxylation sites is 1. The number of benzene rings is 2. The first-order valence-corrected chi connectivity index (χ1v) is 12.1. The molecule has 0 saturated carbocycles. The van der Waals surface area contributed by atoms with E-state index in [1.54, 1.807) is 0 Å². The number of anilines is 1. The monoisotopic (exact) mass is 454 g/mol. The molecular formula is C23H26N4O2S2. The minimum atomic E-state index is -0.270. The average Bonchev–Trinajstić information content (AvgIpc) is 3.24. The van der Waals surface area contributed by atoms with Gasteiger partial charge in [-0.25, -0.2) is 0 Å². The summed E-state index contributed by atoms with van der Waals surface area (Å²) in [5, 5.41) is 15.0. The minimum absolute atomic E-state index is 0.00703. The molecule has 31 heavy (non-hydrogen) atoms. The summed E-state index contributed by atoms with van der Waals surface area (Å²) in [6.45, 7) is 3.96. The van der Waals surface area contributed by atoms with E-state index in [0.29, 0.717) is 16.5 Å². The van der Waals surface area contributed by atoms with Gasteiger partial charge in [-0.05, 0) is 43.9 Å². The summed E-state index contributed by atoms with van der Waals surface area (Å²) in [4.78, 5) is 24.5. The molecule has 0 radical (unpaired) electrons. The topological polar surface area (TPSA) is 84.0 Å². The molecular weight excluding hydrogens is 428 g/mol. The number of rotatable bonds is 10. The molecule has 0 unspecified atom stereocenters. The van der Waals surface area contributed by atoms with Gasteiger partial charge in [-0.2, -0.15) is 0 Å². The van der Waals surface area contributed by atoms with E-state index in [1.165, 1.54) is 28.7 Å². The van der Waals surface area contributed by atoms with Gasteiger partial charge in [0, 0.05) is 17.5 Å². The molecule has 0 saturated heterocycles. The van der Waals surface area contributed by atoms with E-state index in [0.717, 1.165) is 29.1 Å². The van der Waals surface area contributed by atoms with Gasteiger partial charge in [-0.3, -0.25) is 9.59 Å². The van der Waals surface area contributed by atoms with Crippen molar-refractivity contribution in [3.8, 4) is 0 Å². The third-order valence-electron chi connectivity index (χ3n) is 4.63. The van der Waals surface area contributed by atoms with Gasteiger partial charge in [0.2, 0.25) is 10.9 Å². The lowest BCUT2D eigenvalue weighted by atomic mass is 10.1. The van der Waals surface area contributed by atoms with Gasteiger partial charge < -0.3 is 10.6 Å². The van der Waals surface area contributed by atoms with Crippen molar-refractivity contribution in [1.29, 1.82) is 0 Å². The van der Waals surface area contributed by atoms with Crippen LogP contribution in [0.1, 0.15) is 39.3 Å². The van der Waals surface area contributed by atoms with Gasteiger partial charge in [0.05, 0.1) is 5.75 Å². The lowest BCUT2D eigenvalue weighted by Gasteiger charge is -2.13. The van der Waals surface area contributed by atoms with Gasteiger partial charge in [-0.15, -0.1) is 22.0 Å². The fraction of sp³-hybridized carbons (Fsp3) is 0.304. The summed E-state index contributed by atoms with van der Waals surface area (Å²) in [5.41, 5.74) is 3.02. The van der Waals surface area contributed by atoms with Crippen LogP contribution >= 0.6 is 23.1 Å². The van der Waals surface area contributed by atoms with Crippen LogP contribution in [0.15, 0.2) is 54.6 Å². The van der Waals surface area contributed by atoms with E-state index in [1.807, 2.05) is 56.3 Å². The summed E-state index contributed by atoms with van der Waals surface area (Å²) >= 11 is 2.72. The SMILES string of the molecule is Cc1ccccc1NC(=O)c1nnc(CSCC(=O)N[C@H](C)CCc2ccccc2)s1. The van der Waals surface area contributed by atoms with E-state index >= 15 is 0 Å². The zero-order valence-electron chi connectivity index (χ0n) is 17.6. The lowest BCUT2D eigenvalue weighted by molar-refractivity contribution is -0.119. The van der Waals surface area contributed by atoms with Crippen LogP contribution in [0.5, 0.6) is 0 Å². The summed E-state index contributed by atoms with van der Waals surface area (Å²) in [7, 11) is 0. The smallest absolute Gasteiger partial charge is 0.286 e. The molecule has 0 bridgehead atoms. The maximum atomic E-state index is 12.4. The number of nitrogens with one attached hydrogen (secondary N) is 2. The molecule has 3 rings (SSSR count). The Kier molecular flexibility index (Phi) is 8.61. The standard InChI is InChI=1S/C23H26N4O2S2/c1-16-8-6-7-11-19(16)25-22(29)23-27-26-21(31-23)15-30-14-20(28)24-17(2)12-13-18-9-4-3-5-10-18/h3-11,17H,12-15H2,1-2H3,(H,24,28)(H,25,29)/t17-/m1/s1. The number of aryl methyl sites for hydroxylation is 2. The maximum Gasteiger partial charge on any atom is 0.286 e. The Morgan fingerprint density at radius 2 is 1.81 bits per heavy atom. The van der Waals surface area contributed by atoms with Gasteiger partial charge in [0.1, 0.15) is 5.01 Å². The molecule has 0 spiro atoms. The normalized spacial score (nSPS) is 11.7. The van der Waals surface area contributed by atoms with Gasteiger partial charge in [-0.1, -0.05) is 59.9 Å². The molecule has 8 heteroatoms. The second-order valence-corrected chi connectivity index (χ2v) is 9.30. The van der Waals surface area contributed by atoms with Gasteiger partial charge in [0.15, 0.2) is 0 Å². The highest BCUT2D eigenvalue weighted by Crippen LogP contribution is 2.19. The zero-order chi connectivity index (χ0) is 22.1. The van der Waals surface area contributed by atoms with E-state index in [9.17, 15) is 9.59 Å². The quantitative estimate of drug-likeness (QED) is 0.472. The van der Waals surface area contributed by atoms with Crippen LogP contribution in [-0.2, 0) is 17.0 Å². The predicted octanol–water partition coefficient (Wildman–Crippen LogP) is 4.47. The van der Waals surface area contributed by atoms with Crippen molar-refractivity contribution in [2.24, 2.45) is 0 Å². The number of nitrogens with zero attached hydrogens (tertiary/aromatic N) is 2. The summed E-state index contributed by atoms with van der Waals surface area (Å²) in [6.07, 6.45) is 1.84. The first-order valence-electron chi connectivity index (χ1n) is 10.1. The Hall–Kier alpha value is -2.71. The Balaban J connectivity index is 1.37. The third kappa shape index (κ3) is 7.48. The Morgan fingerprint density at radius 3 is 2.58 bits per heavy atom. The number of hydrogen-bond donors (Lipinski definition) is 2. The molecule has 6 nitrogen and oxygen atoms in total. The third-order valence-corrected chi connectivity index (χ3v) is 6.68. The molecule has 2 amide bonds. The molecule has 0 aliphatic rings. The molecule has 0 aliphatic heterocycles. The molecule has 1 heterocycles. The van der Waals surface area contributed by atoms with Crippen molar-refractivity contribution >= 4 is 40.6 Å². The summed E-state index contributed by atoms with van der Waals surface area (Å²) < 4.78 is 0. The van der Waals surface area contributed by atoms with E-state index in [4.69, 9.17) is 0 Å². The first-order chi connectivity index (χ1) is 15.0. The van der Waals surface area contributed by atoms with Crippen molar-refractivity contribution < 1.29 is 9.59 Å². The number of carbonyl (C=O) groups is 2. The van der Waals surface area contributed by atoms with Crippen molar-refractivity contribution in [2.75, 3.05) is 11.1 Å². The fourth-order valence-electron chi connectivity index (χ4n) is 2.94. The van der Waals surface area contributed by atoms with Crippen molar-refractivity contribution in [3.05, 3.63) is 75.7 Å². The second-order valence-electron chi connectivity index (χ2n) is 7.26. The van der Waals surface area contributed by atoms with Crippen LogP contribution in [0.25, 0.3) is 0 Å². The van der Waals surface area contributed by atoms with E-state index in [-0.39, 0.29) is 17.9 Å². The predicted molar refractivity (Wildman–Crippen MR) is 128 cm³/mol. The van der Waals surface area contributed by atoms with Crippen LogP contribution < -0.4 is 10.6 Å². The summed E-state index contributed by atoms with van der Waals surface area (Å²) in [6, 6.07) is 18.0. The molecule has 1 aromatic heterocycles. The van der Waals surface area contributed by atoms with Gasteiger partial charge >= 0.3 is 0 Å². The largest absolute Gasteiger partial charge is 0.353 e. The van der Waals surface area contributed by atoms with E-state index < -0.39 is 0 Å². The van der Waals surface area contributed by atoms with Gasteiger partial charge in [0.25, 0.3) is 5.91 Å². The molecule has 0 aliphatic carbocycles. The van der Waals surface area contributed by atoms with Crippen molar-refractivity contribution in [1.82, 2.24) is 15.5 Å². The lowest BCUT2D eigenvalue weighted by Crippen LogP contribution is -2.34. The van der Waals surface area contributed by atoms with Crippen LogP contribution in [0.4, 0.5) is 5.69 Å². The minimum Gasteiger partial charge on any atom is -0.353 e. The highest BCUT2D eigenvalue weighted by Gasteiger charge is 2.14. The van der Waals surface area contributed by atoms with E-state index in [2.05, 4.69) is 33.0 Å². The average molecular weight is 455 g/mol. The van der Waals surface area contributed by atoms with Crippen molar-refractivity contribution in [3.63, 3.8) is 0 Å².